The van der Waals surface area contributed by atoms with Gasteiger partial charge in [-0.15, -0.1) is 0 Å². The summed E-state index contributed by atoms with van der Waals surface area (Å²) in [6, 6.07) is 6.37. The van der Waals surface area contributed by atoms with Gasteiger partial charge in [-0.2, -0.15) is 0 Å². The van der Waals surface area contributed by atoms with Gasteiger partial charge in [0.05, 0.1) is 0 Å². The number of hydrogen-bond donors (Lipinski definition) is 1. The zero-order valence-corrected chi connectivity index (χ0v) is 13.7. The fourth-order valence-corrected chi connectivity index (χ4v) is 3.53. The highest BCUT2D eigenvalue weighted by Crippen LogP contribution is 2.26. The lowest BCUT2D eigenvalue weighted by atomic mass is 9.86. The molecule has 1 heterocycles. The largest absolute Gasteiger partial charge is 0.422 e. The number of fused-ring (bicyclic) bond motifs is 1. The summed E-state index contributed by atoms with van der Waals surface area (Å²) in [4.78, 5) is 11.9. The van der Waals surface area contributed by atoms with Crippen molar-refractivity contribution in [2.24, 2.45) is 5.92 Å². The van der Waals surface area contributed by atoms with Crippen molar-refractivity contribution in [3.8, 4) is 0 Å². The van der Waals surface area contributed by atoms with Crippen molar-refractivity contribution in [2.75, 3.05) is 0 Å². The molecule has 1 aromatic carbocycles. The fraction of sp³-hybridized carbons (Fsp3) is 0.526. The highest BCUT2D eigenvalue weighted by molar-refractivity contribution is 5.83. The van der Waals surface area contributed by atoms with Gasteiger partial charge in [0, 0.05) is 24.0 Å². The zero-order chi connectivity index (χ0) is 15.7. The van der Waals surface area contributed by atoms with Gasteiger partial charge in [0.2, 0.25) is 0 Å². The van der Waals surface area contributed by atoms with Gasteiger partial charge in [0.25, 0.3) is 0 Å². The minimum Gasteiger partial charge on any atom is -0.422 e. The van der Waals surface area contributed by atoms with Crippen molar-refractivity contribution in [2.45, 2.75) is 59.0 Å². The summed E-state index contributed by atoms with van der Waals surface area (Å²) >= 11 is 0. The second kappa shape index (κ2) is 6.25. The van der Waals surface area contributed by atoms with E-state index in [0.29, 0.717) is 12.0 Å². The van der Waals surface area contributed by atoms with Gasteiger partial charge in [-0.1, -0.05) is 31.9 Å². The number of hydrogen-bond acceptors (Lipinski definition) is 3. The molecule has 3 nitrogen and oxygen atoms in total. The predicted molar refractivity (Wildman–Crippen MR) is 90.2 cm³/mol. The topological polar surface area (TPSA) is 42.2 Å². The molecule has 0 spiro atoms. The van der Waals surface area contributed by atoms with Crippen LogP contribution in [0, 0.1) is 19.8 Å². The Balaban J connectivity index is 1.90. The Hall–Kier alpha value is -1.61. The summed E-state index contributed by atoms with van der Waals surface area (Å²) in [6.45, 7) is 7.12. The summed E-state index contributed by atoms with van der Waals surface area (Å²) in [5.74, 6) is 0.712. The average molecular weight is 299 g/mol. The van der Waals surface area contributed by atoms with Crippen LogP contribution in [0.25, 0.3) is 11.0 Å². The quantitative estimate of drug-likeness (QED) is 0.868. The highest BCUT2D eigenvalue weighted by Gasteiger charge is 2.21. The molecule has 2 aromatic rings. The average Bonchev–Trinajstić information content (AvgIpc) is 2.50. The van der Waals surface area contributed by atoms with Crippen molar-refractivity contribution < 1.29 is 4.42 Å². The van der Waals surface area contributed by atoms with E-state index in [1.807, 2.05) is 13.8 Å². The second-order valence-corrected chi connectivity index (χ2v) is 6.72. The first-order valence-corrected chi connectivity index (χ1v) is 8.32. The Morgan fingerprint density at radius 2 is 2.00 bits per heavy atom. The summed E-state index contributed by atoms with van der Waals surface area (Å²) in [5, 5.41) is 4.71. The van der Waals surface area contributed by atoms with E-state index in [1.54, 1.807) is 6.07 Å². The Kier molecular flexibility index (Phi) is 4.34. The third-order valence-corrected chi connectivity index (χ3v) is 5.18. The Morgan fingerprint density at radius 3 is 2.77 bits per heavy atom. The van der Waals surface area contributed by atoms with Crippen molar-refractivity contribution in [3.05, 3.63) is 45.3 Å². The van der Waals surface area contributed by atoms with Crippen LogP contribution < -0.4 is 10.9 Å². The number of nitrogens with one attached hydrogen (secondary N) is 1. The second-order valence-electron chi connectivity index (χ2n) is 6.72. The Labute approximate surface area is 131 Å². The molecule has 3 heteroatoms. The molecule has 0 amide bonds. The molecule has 1 saturated carbocycles. The van der Waals surface area contributed by atoms with E-state index in [0.717, 1.165) is 34.2 Å². The third-order valence-electron chi connectivity index (χ3n) is 5.18. The molecule has 0 radical (unpaired) electrons. The van der Waals surface area contributed by atoms with Crippen LogP contribution in [-0.4, -0.2) is 6.04 Å². The van der Waals surface area contributed by atoms with Crippen LogP contribution in [0.4, 0.5) is 0 Å². The summed E-state index contributed by atoms with van der Waals surface area (Å²) in [7, 11) is 0. The van der Waals surface area contributed by atoms with E-state index in [4.69, 9.17) is 4.42 Å². The molecule has 118 valence electrons. The molecule has 1 aliphatic rings. The molecule has 3 rings (SSSR count). The van der Waals surface area contributed by atoms with Gasteiger partial charge >= 0.3 is 5.63 Å². The molecule has 0 saturated heterocycles. The predicted octanol–water partition coefficient (Wildman–Crippen LogP) is 4.08. The molecule has 2 atom stereocenters. The Bertz CT molecular complexity index is 732. The molecule has 1 N–H and O–H groups in total. The summed E-state index contributed by atoms with van der Waals surface area (Å²) < 4.78 is 5.44. The van der Waals surface area contributed by atoms with E-state index in [9.17, 15) is 4.79 Å². The highest BCUT2D eigenvalue weighted by atomic mass is 16.4. The number of aryl methyl sites for hydroxylation is 2. The number of benzene rings is 1. The first-order chi connectivity index (χ1) is 10.6. The smallest absolute Gasteiger partial charge is 0.336 e. The normalized spacial score (nSPS) is 22.1. The molecule has 0 aliphatic heterocycles. The van der Waals surface area contributed by atoms with Crippen molar-refractivity contribution >= 4 is 11.0 Å². The van der Waals surface area contributed by atoms with Crippen LogP contribution in [0.15, 0.2) is 27.4 Å². The van der Waals surface area contributed by atoms with Crippen molar-refractivity contribution in [3.63, 3.8) is 0 Å². The zero-order valence-electron chi connectivity index (χ0n) is 13.7. The Morgan fingerprint density at radius 1 is 1.23 bits per heavy atom. The lowest BCUT2D eigenvalue weighted by Crippen LogP contribution is -2.36. The van der Waals surface area contributed by atoms with Gasteiger partial charge < -0.3 is 9.73 Å². The lowest BCUT2D eigenvalue weighted by molar-refractivity contribution is 0.279. The van der Waals surface area contributed by atoms with E-state index < -0.39 is 0 Å². The first kappa shape index (κ1) is 15.3. The van der Waals surface area contributed by atoms with E-state index in [-0.39, 0.29) is 5.63 Å². The minimum absolute atomic E-state index is 0.255. The van der Waals surface area contributed by atoms with Crippen LogP contribution in [0.1, 0.15) is 49.3 Å². The standard InChI is InChI=1S/C19H25NO2/c1-12-8-9-16-15(10-18(21)22-19(16)14(12)3)11-20-17-7-5-4-6-13(17)2/h8-10,13,17,20H,4-7,11H2,1-3H3/t13-,17+/m0/s1. The minimum atomic E-state index is -0.255. The molecular weight excluding hydrogens is 274 g/mol. The van der Waals surface area contributed by atoms with Crippen LogP contribution in [0.2, 0.25) is 0 Å². The molecule has 1 aromatic heterocycles. The first-order valence-electron chi connectivity index (χ1n) is 8.32. The molecule has 1 aliphatic carbocycles. The monoisotopic (exact) mass is 299 g/mol. The van der Waals surface area contributed by atoms with Crippen molar-refractivity contribution in [1.29, 1.82) is 0 Å². The third kappa shape index (κ3) is 2.95. The van der Waals surface area contributed by atoms with Crippen LogP contribution in [0.3, 0.4) is 0 Å². The SMILES string of the molecule is Cc1ccc2c(CN[C@@H]3CCCC[C@@H]3C)cc(=O)oc2c1C. The molecule has 0 unspecified atom stereocenters. The van der Waals surface area contributed by atoms with Gasteiger partial charge in [-0.25, -0.2) is 4.79 Å². The van der Waals surface area contributed by atoms with E-state index in [1.165, 1.54) is 25.7 Å². The molecule has 0 bridgehead atoms. The van der Waals surface area contributed by atoms with Crippen LogP contribution in [0.5, 0.6) is 0 Å². The molecule has 22 heavy (non-hydrogen) atoms. The van der Waals surface area contributed by atoms with Gasteiger partial charge in [-0.3, -0.25) is 0 Å². The van der Waals surface area contributed by atoms with E-state index in [2.05, 4.69) is 24.4 Å². The van der Waals surface area contributed by atoms with Gasteiger partial charge in [-0.05, 0) is 49.3 Å². The molecule has 1 fully saturated rings. The summed E-state index contributed by atoms with van der Waals surface area (Å²) in [6.07, 6.45) is 5.18. The van der Waals surface area contributed by atoms with Crippen molar-refractivity contribution in [1.82, 2.24) is 5.32 Å². The molecular formula is C19H25NO2. The fourth-order valence-electron chi connectivity index (χ4n) is 3.53. The number of rotatable bonds is 3. The van der Waals surface area contributed by atoms with Gasteiger partial charge in [0.15, 0.2) is 0 Å². The summed E-state index contributed by atoms with van der Waals surface area (Å²) in [5.41, 5.74) is 3.74. The van der Waals surface area contributed by atoms with Crippen LogP contribution >= 0.6 is 0 Å². The lowest BCUT2D eigenvalue weighted by Gasteiger charge is -2.29. The maximum atomic E-state index is 11.9. The van der Waals surface area contributed by atoms with Crippen LogP contribution in [-0.2, 0) is 6.54 Å². The van der Waals surface area contributed by atoms with Gasteiger partial charge in [0.1, 0.15) is 5.58 Å². The maximum Gasteiger partial charge on any atom is 0.336 e. The maximum absolute atomic E-state index is 11.9. The van der Waals surface area contributed by atoms with E-state index >= 15 is 0 Å².